The molecule has 1 unspecified atom stereocenters. The summed E-state index contributed by atoms with van der Waals surface area (Å²) in [7, 11) is -3.99. The van der Waals surface area contributed by atoms with Crippen molar-refractivity contribution in [1.29, 1.82) is 0 Å². The third kappa shape index (κ3) is 11.3. The zero-order chi connectivity index (χ0) is 35.0. The van der Waals surface area contributed by atoms with E-state index in [-0.39, 0.29) is 46.7 Å². The summed E-state index contributed by atoms with van der Waals surface area (Å²) < 4.78 is 39.8. The van der Waals surface area contributed by atoms with Crippen LogP contribution >= 0.6 is 0 Å². The first-order chi connectivity index (χ1) is 22.5. The molecule has 0 spiro atoms. The number of fused-ring (bicyclic) bond motifs is 1. The molecule has 2 aliphatic heterocycles. The molecule has 1 saturated heterocycles. The summed E-state index contributed by atoms with van der Waals surface area (Å²) in [5.74, 6) is 0. The Morgan fingerprint density at radius 2 is 1.40 bits per heavy atom. The summed E-state index contributed by atoms with van der Waals surface area (Å²) in [5, 5.41) is 0.225. The van der Waals surface area contributed by atoms with E-state index in [1.165, 1.54) is 0 Å². The molecule has 6 nitrogen and oxygen atoms in total. The van der Waals surface area contributed by atoms with Crippen molar-refractivity contribution in [3.8, 4) is 0 Å². The van der Waals surface area contributed by atoms with Gasteiger partial charge in [-0.25, -0.2) is 0 Å². The molecule has 2 aliphatic rings. The second-order valence-electron chi connectivity index (χ2n) is 16.5. The first-order valence-corrected chi connectivity index (χ1v) is 23.6. The fraction of sp³-hybridized carbons (Fsp3) is 0.600. The lowest BCUT2D eigenvalue weighted by Crippen LogP contribution is -2.51. The minimum absolute atomic E-state index is 0.0669. The molecule has 0 N–H and O–H groups in total. The Morgan fingerprint density at radius 1 is 0.792 bits per heavy atom. The molecule has 0 radical (unpaired) electrons. The summed E-state index contributed by atoms with van der Waals surface area (Å²) in [6, 6.07) is 20.6. The molecular weight excluding hydrogens is 633 g/mol. The van der Waals surface area contributed by atoms with Crippen LogP contribution < -0.4 is 0 Å². The maximum atomic E-state index is 6.93. The second-order valence-corrected chi connectivity index (χ2v) is 26.0. The lowest BCUT2D eigenvalue weighted by molar-refractivity contribution is -0.212. The van der Waals surface area contributed by atoms with Gasteiger partial charge in [0.05, 0.1) is 56.9 Å². The summed E-state index contributed by atoms with van der Waals surface area (Å²) in [6.45, 7) is 25.0. The first-order valence-electron chi connectivity index (χ1n) is 17.8. The summed E-state index contributed by atoms with van der Waals surface area (Å²) in [6.07, 6.45) is 9.35. The van der Waals surface area contributed by atoms with E-state index in [0.717, 1.165) is 24.0 Å². The number of hydrogen-bond donors (Lipinski definition) is 0. The molecule has 6 atom stereocenters. The Hall–Kier alpha value is -1.89. The zero-order valence-electron chi connectivity index (χ0n) is 31.2. The van der Waals surface area contributed by atoms with Gasteiger partial charge in [-0.3, -0.25) is 0 Å². The molecule has 4 rings (SSSR count). The van der Waals surface area contributed by atoms with Crippen molar-refractivity contribution in [2.75, 3.05) is 13.2 Å². The molecule has 266 valence electrons. The third-order valence-electron chi connectivity index (χ3n) is 10.6. The van der Waals surface area contributed by atoms with Crippen molar-refractivity contribution in [2.45, 2.75) is 140 Å². The second kappa shape index (κ2) is 16.9. The van der Waals surface area contributed by atoms with Crippen LogP contribution in [0.1, 0.15) is 65.5 Å². The van der Waals surface area contributed by atoms with E-state index in [9.17, 15) is 0 Å². The lowest BCUT2D eigenvalue weighted by Gasteiger charge is -2.41. The van der Waals surface area contributed by atoms with Gasteiger partial charge in [0.15, 0.2) is 16.6 Å². The van der Waals surface area contributed by atoms with Crippen LogP contribution in [0.3, 0.4) is 0 Å². The molecule has 2 aromatic carbocycles. The van der Waals surface area contributed by atoms with Crippen LogP contribution in [0, 0.1) is 0 Å². The molecule has 0 aromatic heterocycles. The highest BCUT2D eigenvalue weighted by Gasteiger charge is 2.42. The van der Waals surface area contributed by atoms with E-state index in [2.05, 4.69) is 116 Å². The summed E-state index contributed by atoms with van der Waals surface area (Å²) in [5.41, 5.74) is 2.29. The van der Waals surface area contributed by atoms with E-state index < -0.39 is 16.6 Å². The van der Waals surface area contributed by atoms with Crippen molar-refractivity contribution in [3.05, 3.63) is 96.1 Å². The standard InChI is InChI=1S/C40H62O6Si2/c1-39(2,3)47(7,8)43-29-34(46-48(9,10)40(4,5)6)25-24-33-22-17-23-35-37(44-33)26-36(42-28-32-20-15-12-16-21-32)38(45-35)30-41-27-31-18-13-11-14-19-31/h11-22,24-25,33-38H,23,26-30H2,1-10H3/b25-24+/t33-,34?,35+,36+,37-,38-/m1/s1. The van der Waals surface area contributed by atoms with Gasteiger partial charge in [-0.1, -0.05) is 127 Å². The highest BCUT2D eigenvalue weighted by atomic mass is 28.4. The van der Waals surface area contributed by atoms with Crippen molar-refractivity contribution in [2.24, 2.45) is 0 Å². The minimum atomic E-state index is -2.04. The van der Waals surface area contributed by atoms with E-state index in [1.54, 1.807) is 0 Å². The molecule has 2 aromatic rings. The van der Waals surface area contributed by atoms with Gasteiger partial charge in [-0.15, -0.1) is 0 Å². The van der Waals surface area contributed by atoms with Crippen LogP contribution in [-0.2, 0) is 41.0 Å². The molecule has 1 fully saturated rings. The average Bonchev–Trinajstić information content (AvgIpc) is 3.22. The number of ether oxygens (including phenoxy) is 4. The Morgan fingerprint density at radius 3 is 2.00 bits per heavy atom. The van der Waals surface area contributed by atoms with Gasteiger partial charge in [0.2, 0.25) is 0 Å². The van der Waals surface area contributed by atoms with E-state index >= 15 is 0 Å². The molecule has 0 aliphatic carbocycles. The predicted molar refractivity (Wildman–Crippen MR) is 201 cm³/mol. The molecule has 0 saturated carbocycles. The summed E-state index contributed by atoms with van der Waals surface area (Å²) >= 11 is 0. The maximum Gasteiger partial charge on any atom is 0.192 e. The van der Waals surface area contributed by atoms with Crippen molar-refractivity contribution < 1.29 is 27.8 Å². The van der Waals surface area contributed by atoms with Crippen LogP contribution in [0.15, 0.2) is 85.0 Å². The quantitative estimate of drug-likeness (QED) is 0.145. The monoisotopic (exact) mass is 694 g/mol. The van der Waals surface area contributed by atoms with Gasteiger partial charge in [0.1, 0.15) is 6.10 Å². The van der Waals surface area contributed by atoms with Crippen molar-refractivity contribution in [3.63, 3.8) is 0 Å². The lowest BCUT2D eigenvalue weighted by atomic mass is 9.96. The molecule has 2 heterocycles. The van der Waals surface area contributed by atoms with Gasteiger partial charge in [0, 0.05) is 6.42 Å². The highest BCUT2D eigenvalue weighted by Crippen LogP contribution is 2.39. The largest absolute Gasteiger partial charge is 0.414 e. The minimum Gasteiger partial charge on any atom is -0.414 e. The number of rotatable bonds is 14. The van der Waals surface area contributed by atoms with Gasteiger partial charge < -0.3 is 27.8 Å². The number of hydrogen-bond acceptors (Lipinski definition) is 6. The Kier molecular flexibility index (Phi) is 13.7. The molecule has 0 amide bonds. The fourth-order valence-corrected chi connectivity index (χ4v) is 7.65. The first kappa shape index (κ1) is 38.9. The van der Waals surface area contributed by atoms with Gasteiger partial charge in [-0.2, -0.15) is 0 Å². The number of benzene rings is 2. The highest BCUT2D eigenvalue weighted by molar-refractivity contribution is 6.74. The van der Waals surface area contributed by atoms with Crippen LogP contribution in [0.5, 0.6) is 0 Å². The Balaban J connectivity index is 1.45. The topological polar surface area (TPSA) is 55.4 Å². The van der Waals surface area contributed by atoms with E-state index in [0.29, 0.717) is 26.4 Å². The maximum absolute atomic E-state index is 6.93. The van der Waals surface area contributed by atoms with Gasteiger partial charge >= 0.3 is 0 Å². The fourth-order valence-electron chi connectivity index (χ4n) is 5.38. The summed E-state index contributed by atoms with van der Waals surface area (Å²) in [4.78, 5) is 0. The average molecular weight is 695 g/mol. The van der Waals surface area contributed by atoms with Crippen LogP contribution in [0.2, 0.25) is 36.3 Å². The van der Waals surface area contributed by atoms with E-state index in [1.807, 2.05) is 36.4 Å². The predicted octanol–water partition coefficient (Wildman–Crippen LogP) is 9.63. The van der Waals surface area contributed by atoms with Crippen LogP contribution in [0.25, 0.3) is 0 Å². The van der Waals surface area contributed by atoms with Crippen LogP contribution in [-0.4, -0.2) is 66.5 Å². The molecule has 48 heavy (non-hydrogen) atoms. The molecule has 8 heteroatoms. The molecular formula is C40H62O6Si2. The smallest absolute Gasteiger partial charge is 0.192 e. The Labute approximate surface area is 293 Å². The molecule has 0 bridgehead atoms. The third-order valence-corrected chi connectivity index (χ3v) is 19.6. The van der Waals surface area contributed by atoms with Crippen molar-refractivity contribution in [1.82, 2.24) is 0 Å². The van der Waals surface area contributed by atoms with Gasteiger partial charge in [-0.05, 0) is 53.8 Å². The Bertz CT molecular complexity index is 1300. The SMILES string of the molecule is CC(C)(C)[Si](C)(C)OCC(/C=C/[C@H]1C=CC[C@@H]2O[C@H](COCc3ccccc3)[C@@H](OCc3ccccc3)C[C@H]2O1)O[Si](C)(C)C(C)(C)C. The normalized spacial score (nSPS) is 24.8. The van der Waals surface area contributed by atoms with Gasteiger partial charge in [0.25, 0.3) is 0 Å². The van der Waals surface area contributed by atoms with Crippen molar-refractivity contribution >= 4 is 16.6 Å². The van der Waals surface area contributed by atoms with Crippen LogP contribution in [0.4, 0.5) is 0 Å². The van der Waals surface area contributed by atoms with E-state index in [4.69, 9.17) is 27.8 Å². The zero-order valence-corrected chi connectivity index (χ0v) is 33.2.